The fourth-order valence-corrected chi connectivity index (χ4v) is 9.16. The molecule has 2 fully saturated rings. The van der Waals surface area contributed by atoms with Crippen molar-refractivity contribution in [3.63, 3.8) is 0 Å². The van der Waals surface area contributed by atoms with Crippen LogP contribution in [-0.4, -0.2) is 122 Å². The van der Waals surface area contributed by atoms with Gasteiger partial charge in [-0.05, 0) is 113 Å². The molecule has 6 rings (SSSR count). The number of carbonyl (C=O) groups is 3. The van der Waals surface area contributed by atoms with Gasteiger partial charge in [0, 0.05) is 111 Å². The number of likely N-dealkylation sites (tertiary alicyclic amines) is 1. The molecule has 16 heteroatoms. The Morgan fingerprint density at radius 1 is 0.984 bits per heavy atom. The van der Waals surface area contributed by atoms with Crippen molar-refractivity contribution in [2.24, 2.45) is 11.0 Å². The number of carbonyl (C=O) groups excluding carboxylic acids is 3. The van der Waals surface area contributed by atoms with Crippen molar-refractivity contribution in [2.75, 3.05) is 89.9 Å². The van der Waals surface area contributed by atoms with E-state index in [-0.39, 0.29) is 30.1 Å². The number of azide groups is 1. The van der Waals surface area contributed by atoms with Gasteiger partial charge >= 0.3 is 5.97 Å². The molecule has 0 radical (unpaired) electrons. The van der Waals surface area contributed by atoms with Gasteiger partial charge in [0.25, 0.3) is 0 Å². The van der Waals surface area contributed by atoms with Crippen LogP contribution in [0.3, 0.4) is 0 Å². The number of methoxy groups -OCH3 is 2. The smallest absolute Gasteiger partial charge is 0.306 e. The van der Waals surface area contributed by atoms with Crippen molar-refractivity contribution >= 4 is 29.3 Å². The van der Waals surface area contributed by atoms with Crippen LogP contribution in [0.5, 0.6) is 5.75 Å². The number of aryl methyl sites for hydroxylation is 3. The zero-order valence-corrected chi connectivity index (χ0v) is 37.4. The van der Waals surface area contributed by atoms with Crippen LogP contribution in [-0.2, 0) is 32.0 Å². The van der Waals surface area contributed by atoms with E-state index in [1.807, 2.05) is 16.5 Å². The Hall–Kier alpha value is -5.34. The molecule has 3 aliphatic heterocycles. The minimum Gasteiger partial charge on any atom is -0.496 e. The first-order chi connectivity index (χ1) is 30.1. The standard InChI is InChI=1S/C46H67N11O5/c1-33-25-34(2)57(52-33)40-27-36(26-39(30-40)55-21-23-56(24-22-55)44(59)13-9-12-43(58)48-17-7-5-6-8-19-50-53-47)37(28-45(60)62-4)32-54-20-16-35(31-54)14-15-38-29-42(61-3)41-11-10-18-49-46(41)51-38/h25-27,29-30,35,37H,5-24,28,31-32H2,1-4H3,(H,48,58)(H,49,51)/t35-,37-/m1/s1. The van der Waals surface area contributed by atoms with Gasteiger partial charge in [0.1, 0.15) is 11.6 Å². The number of nitrogens with zero attached hydrogens (tertiary/aromatic N) is 9. The monoisotopic (exact) mass is 854 g/mol. The lowest BCUT2D eigenvalue weighted by molar-refractivity contribution is -0.141. The lowest BCUT2D eigenvalue weighted by Crippen LogP contribution is -2.48. The summed E-state index contributed by atoms with van der Waals surface area (Å²) >= 11 is 0. The number of aromatic nitrogens is 3. The highest BCUT2D eigenvalue weighted by atomic mass is 16.5. The number of fused-ring (bicyclic) bond motifs is 1. The van der Waals surface area contributed by atoms with Crippen LogP contribution >= 0.6 is 0 Å². The van der Waals surface area contributed by atoms with Crippen LogP contribution in [0.1, 0.15) is 105 Å². The van der Waals surface area contributed by atoms with Gasteiger partial charge in [-0.2, -0.15) is 5.10 Å². The molecule has 336 valence electrons. The Morgan fingerprint density at radius 3 is 2.55 bits per heavy atom. The number of benzene rings is 1. The summed E-state index contributed by atoms with van der Waals surface area (Å²) < 4.78 is 13.0. The Labute approximate surface area is 366 Å². The molecule has 3 aliphatic rings. The molecule has 0 saturated carbocycles. The molecule has 0 bridgehead atoms. The minimum absolute atomic E-state index is 0.0253. The van der Waals surface area contributed by atoms with Gasteiger partial charge in [0.2, 0.25) is 11.8 Å². The summed E-state index contributed by atoms with van der Waals surface area (Å²) in [4.78, 5) is 53.1. The van der Waals surface area contributed by atoms with E-state index in [2.05, 4.69) is 67.7 Å². The van der Waals surface area contributed by atoms with Gasteiger partial charge in [-0.15, -0.1) is 0 Å². The Kier molecular flexibility index (Phi) is 17.3. The number of piperazine rings is 1. The Balaban J connectivity index is 1.06. The fraction of sp³-hybridized carbons (Fsp3) is 0.630. The zero-order valence-electron chi connectivity index (χ0n) is 37.4. The topological polar surface area (TPSA) is 183 Å². The fourth-order valence-electron chi connectivity index (χ4n) is 9.16. The third-order valence-electron chi connectivity index (χ3n) is 12.6. The lowest BCUT2D eigenvalue weighted by Gasteiger charge is -2.37. The first kappa shape index (κ1) is 46.2. The zero-order chi connectivity index (χ0) is 43.8. The molecule has 2 saturated heterocycles. The maximum Gasteiger partial charge on any atom is 0.306 e. The molecular weight excluding hydrogens is 787 g/mol. The van der Waals surface area contributed by atoms with Crippen LogP contribution in [0.2, 0.25) is 0 Å². The summed E-state index contributed by atoms with van der Waals surface area (Å²) in [5, 5.41) is 14.8. The maximum absolute atomic E-state index is 13.2. The third-order valence-corrected chi connectivity index (χ3v) is 12.6. The van der Waals surface area contributed by atoms with E-state index in [4.69, 9.17) is 25.1 Å². The van der Waals surface area contributed by atoms with Gasteiger partial charge in [0.15, 0.2) is 0 Å². The number of pyridine rings is 1. The molecule has 3 aromatic rings. The first-order valence-electron chi connectivity index (χ1n) is 22.7. The normalized spacial score (nSPS) is 16.9. The Morgan fingerprint density at radius 2 is 1.79 bits per heavy atom. The number of hydrogen-bond donors (Lipinski definition) is 2. The molecule has 2 amide bonds. The predicted molar refractivity (Wildman–Crippen MR) is 241 cm³/mol. The molecule has 16 nitrogen and oxygen atoms in total. The largest absolute Gasteiger partial charge is 0.496 e. The number of nitrogens with one attached hydrogen (secondary N) is 2. The minimum atomic E-state index is -0.232. The molecule has 0 spiro atoms. The number of hydrogen-bond acceptors (Lipinski definition) is 11. The van der Waals surface area contributed by atoms with Crippen LogP contribution in [0.25, 0.3) is 16.1 Å². The van der Waals surface area contributed by atoms with Crippen molar-refractivity contribution in [1.29, 1.82) is 0 Å². The number of anilines is 2. The Bertz CT molecular complexity index is 2010. The third kappa shape index (κ3) is 13.1. The number of esters is 1. The van der Waals surface area contributed by atoms with E-state index in [0.29, 0.717) is 64.4 Å². The maximum atomic E-state index is 13.2. The number of ether oxygens (including phenoxy) is 2. The van der Waals surface area contributed by atoms with Crippen LogP contribution in [0.15, 0.2) is 35.4 Å². The lowest BCUT2D eigenvalue weighted by atomic mass is 9.93. The highest BCUT2D eigenvalue weighted by molar-refractivity contribution is 5.79. The highest BCUT2D eigenvalue weighted by Crippen LogP contribution is 2.34. The van der Waals surface area contributed by atoms with Gasteiger partial charge in [0.05, 0.1) is 32.0 Å². The van der Waals surface area contributed by atoms with E-state index in [1.54, 1.807) is 7.11 Å². The molecule has 2 atom stereocenters. The summed E-state index contributed by atoms with van der Waals surface area (Å²) in [5.74, 6) is 2.16. The average Bonchev–Trinajstić information content (AvgIpc) is 3.89. The molecular formula is C46H67N11O5. The predicted octanol–water partition coefficient (Wildman–Crippen LogP) is 6.66. The quantitative estimate of drug-likeness (QED) is 0.0365. The second-order valence-electron chi connectivity index (χ2n) is 17.2. The van der Waals surface area contributed by atoms with E-state index >= 15 is 0 Å². The van der Waals surface area contributed by atoms with Crippen molar-refractivity contribution in [1.82, 2.24) is 29.9 Å². The molecule has 2 aromatic heterocycles. The second-order valence-corrected chi connectivity index (χ2v) is 17.2. The van der Waals surface area contributed by atoms with Crippen molar-refractivity contribution in [2.45, 2.75) is 103 Å². The first-order valence-corrected chi connectivity index (χ1v) is 22.7. The van der Waals surface area contributed by atoms with E-state index < -0.39 is 0 Å². The highest BCUT2D eigenvalue weighted by Gasteiger charge is 2.29. The van der Waals surface area contributed by atoms with E-state index in [0.717, 1.165) is 130 Å². The summed E-state index contributed by atoms with van der Waals surface area (Å²) in [5.41, 5.74) is 15.6. The SMILES string of the molecule is COC(=O)C[C@H](CN1CC[C@@H](CCc2cc(OC)c3c(n2)NCCC3)C1)c1cc(N2CCN(C(=O)CCCC(=O)NCCCCCCN=[N+]=[N-])CC2)cc(-n2nc(C)cc2C)c1. The number of amides is 2. The average molecular weight is 854 g/mol. The summed E-state index contributed by atoms with van der Waals surface area (Å²) in [6.07, 6.45) is 10.2. The van der Waals surface area contributed by atoms with E-state index in [9.17, 15) is 14.4 Å². The van der Waals surface area contributed by atoms with Gasteiger partial charge in [-0.25, -0.2) is 9.67 Å². The summed E-state index contributed by atoms with van der Waals surface area (Å²) in [6, 6.07) is 10.8. The molecule has 62 heavy (non-hydrogen) atoms. The van der Waals surface area contributed by atoms with Gasteiger partial charge in [-0.3, -0.25) is 14.4 Å². The molecule has 0 aliphatic carbocycles. The number of unbranched alkanes of at least 4 members (excludes halogenated alkanes) is 3. The van der Waals surface area contributed by atoms with Crippen molar-refractivity contribution in [3.05, 3.63) is 69.0 Å². The summed E-state index contributed by atoms with van der Waals surface area (Å²) in [6.45, 7) is 11.3. The van der Waals surface area contributed by atoms with Gasteiger partial charge in [-0.1, -0.05) is 18.0 Å². The van der Waals surface area contributed by atoms with Crippen molar-refractivity contribution in [3.8, 4) is 11.4 Å². The molecule has 1 aromatic carbocycles. The van der Waals surface area contributed by atoms with Gasteiger partial charge < -0.3 is 34.8 Å². The van der Waals surface area contributed by atoms with Crippen LogP contribution < -0.4 is 20.3 Å². The van der Waals surface area contributed by atoms with Crippen LogP contribution in [0, 0.1) is 19.8 Å². The summed E-state index contributed by atoms with van der Waals surface area (Å²) in [7, 11) is 3.20. The molecule has 2 N–H and O–H groups in total. The molecule has 5 heterocycles. The molecule has 0 unspecified atom stereocenters. The second kappa shape index (κ2) is 23.2. The van der Waals surface area contributed by atoms with Crippen LogP contribution in [0.4, 0.5) is 11.5 Å². The van der Waals surface area contributed by atoms with E-state index in [1.165, 1.54) is 12.7 Å². The number of rotatable bonds is 22. The van der Waals surface area contributed by atoms with Crippen molar-refractivity contribution < 1.29 is 23.9 Å².